The molecular formula is C28H25N5O5S. The van der Waals surface area contributed by atoms with Gasteiger partial charge in [0.1, 0.15) is 16.3 Å². The smallest absolute Gasteiger partial charge is 0.411 e. The quantitative estimate of drug-likeness (QED) is 0.304. The van der Waals surface area contributed by atoms with Crippen molar-refractivity contribution in [2.75, 3.05) is 25.2 Å². The largest absolute Gasteiger partial charge is 0.484 e. The van der Waals surface area contributed by atoms with Crippen molar-refractivity contribution < 1.29 is 24.1 Å². The van der Waals surface area contributed by atoms with E-state index >= 15 is 0 Å². The number of methoxy groups -OCH3 is 1. The average Bonchev–Trinajstić information content (AvgIpc) is 3.37. The number of pyridine rings is 1. The maximum Gasteiger partial charge on any atom is 0.411 e. The molecule has 11 heteroatoms. The van der Waals surface area contributed by atoms with E-state index in [4.69, 9.17) is 19.2 Å². The Morgan fingerprint density at radius 3 is 2.72 bits per heavy atom. The number of fused-ring (bicyclic) bond motifs is 4. The highest BCUT2D eigenvalue weighted by atomic mass is 32.1. The molecule has 6 rings (SSSR count). The molecule has 1 N–H and O–H groups in total. The van der Waals surface area contributed by atoms with Crippen LogP contribution in [0.25, 0.3) is 31.8 Å². The lowest BCUT2D eigenvalue weighted by molar-refractivity contribution is 0.0961. The lowest BCUT2D eigenvalue weighted by Crippen LogP contribution is -2.43. The molecule has 0 bridgehead atoms. The van der Waals surface area contributed by atoms with Crippen LogP contribution in [-0.2, 0) is 0 Å². The predicted octanol–water partition coefficient (Wildman–Crippen LogP) is 5.56. The fraction of sp³-hybridized carbons (Fsp3) is 0.250. The van der Waals surface area contributed by atoms with E-state index in [1.165, 1.54) is 22.4 Å². The van der Waals surface area contributed by atoms with Crippen LogP contribution in [0.4, 0.5) is 10.5 Å². The van der Waals surface area contributed by atoms with Crippen LogP contribution in [0.15, 0.2) is 42.9 Å². The molecule has 1 aliphatic heterocycles. The van der Waals surface area contributed by atoms with Crippen LogP contribution >= 0.6 is 11.3 Å². The summed E-state index contributed by atoms with van der Waals surface area (Å²) in [6.07, 6.45) is 3.23. The highest BCUT2D eigenvalue weighted by Gasteiger charge is 2.30. The van der Waals surface area contributed by atoms with Crippen molar-refractivity contribution in [3.63, 3.8) is 0 Å². The summed E-state index contributed by atoms with van der Waals surface area (Å²) in [4.78, 5) is 31.5. The van der Waals surface area contributed by atoms with E-state index in [9.17, 15) is 9.90 Å². The van der Waals surface area contributed by atoms with Crippen LogP contribution in [0.2, 0.25) is 0 Å². The maximum absolute atomic E-state index is 12.0. The Balaban J connectivity index is 1.35. The number of hydrogen-bond acceptors (Lipinski definition) is 9. The van der Waals surface area contributed by atoms with E-state index in [0.717, 1.165) is 48.5 Å². The normalized spacial score (nSPS) is 14.5. The standard InChI is InChI=1S/C28H25N5O5S/c1-14-6-19(24-20(7-14)31-22(36-4)11-30-24)27-32-23-16(3)8-21-25(26(23)39-27)37-13-18(38-21)12-33(28(34)35)17-5-15(2)9-29-10-17/h5-11,18H,12-13H2,1-4H3,(H,34,35)/t18-/m1/s1. The number of ether oxygens (including phenoxy) is 3. The first-order valence-electron chi connectivity index (χ1n) is 12.3. The highest BCUT2D eigenvalue weighted by molar-refractivity contribution is 7.22. The number of anilines is 1. The molecule has 2 aromatic carbocycles. The van der Waals surface area contributed by atoms with E-state index in [1.807, 2.05) is 32.9 Å². The van der Waals surface area contributed by atoms with Gasteiger partial charge in [0.05, 0.1) is 48.3 Å². The monoisotopic (exact) mass is 543 g/mol. The number of aryl methyl sites for hydroxylation is 3. The van der Waals surface area contributed by atoms with Crippen molar-refractivity contribution in [3.05, 3.63) is 59.5 Å². The molecule has 1 amide bonds. The zero-order valence-corrected chi connectivity index (χ0v) is 22.6. The molecule has 3 aromatic heterocycles. The van der Waals surface area contributed by atoms with Gasteiger partial charge in [-0.25, -0.2) is 19.7 Å². The molecule has 10 nitrogen and oxygen atoms in total. The number of rotatable bonds is 5. The SMILES string of the molecule is COc1cnc2c(-c3nc4c(C)cc5c(c4s3)OC[C@@H](CN(C(=O)O)c3cncc(C)c3)O5)cc(C)cc2n1. The summed E-state index contributed by atoms with van der Waals surface area (Å²) in [6, 6.07) is 7.70. The molecule has 0 aliphatic carbocycles. The first-order valence-corrected chi connectivity index (χ1v) is 13.1. The Bertz CT molecular complexity index is 1750. The van der Waals surface area contributed by atoms with Crippen molar-refractivity contribution in [1.29, 1.82) is 0 Å². The third-order valence-corrected chi connectivity index (χ3v) is 7.57. The van der Waals surface area contributed by atoms with E-state index in [-0.39, 0.29) is 13.2 Å². The van der Waals surface area contributed by atoms with Gasteiger partial charge in [-0.2, -0.15) is 0 Å². The van der Waals surface area contributed by atoms with Crippen molar-refractivity contribution in [3.8, 4) is 28.0 Å². The second-order valence-electron chi connectivity index (χ2n) is 9.47. The lowest BCUT2D eigenvalue weighted by Gasteiger charge is -2.30. The van der Waals surface area contributed by atoms with Gasteiger partial charge in [-0.3, -0.25) is 9.88 Å². The van der Waals surface area contributed by atoms with E-state index in [0.29, 0.717) is 23.1 Å². The molecule has 1 aliphatic rings. The van der Waals surface area contributed by atoms with Gasteiger partial charge in [0.2, 0.25) is 5.88 Å². The van der Waals surface area contributed by atoms with Crippen molar-refractivity contribution in [2.24, 2.45) is 0 Å². The second kappa shape index (κ2) is 9.66. The summed E-state index contributed by atoms with van der Waals surface area (Å²) in [6.45, 7) is 6.14. The number of carbonyl (C=O) groups is 1. The summed E-state index contributed by atoms with van der Waals surface area (Å²) in [5, 5.41) is 10.6. The number of benzene rings is 2. The minimum absolute atomic E-state index is 0.0995. The molecule has 1 atom stereocenters. The minimum Gasteiger partial charge on any atom is -0.484 e. The molecule has 0 saturated carbocycles. The molecule has 5 aromatic rings. The molecule has 0 radical (unpaired) electrons. The topological polar surface area (TPSA) is 120 Å². The summed E-state index contributed by atoms with van der Waals surface area (Å²) < 4.78 is 18.6. The Morgan fingerprint density at radius 2 is 1.95 bits per heavy atom. The zero-order chi connectivity index (χ0) is 27.3. The van der Waals surface area contributed by atoms with Gasteiger partial charge >= 0.3 is 6.09 Å². The van der Waals surface area contributed by atoms with E-state index in [2.05, 4.69) is 21.0 Å². The van der Waals surface area contributed by atoms with Crippen molar-refractivity contribution >= 4 is 44.4 Å². The number of aromatic nitrogens is 4. The average molecular weight is 544 g/mol. The van der Waals surface area contributed by atoms with Crippen LogP contribution in [-0.4, -0.2) is 57.5 Å². The lowest BCUT2D eigenvalue weighted by atomic mass is 10.1. The van der Waals surface area contributed by atoms with Gasteiger partial charge in [-0.1, -0.05) is 0 Å². The summed E-state index contributed by atoms with van der Waals surface area (Å²) in [5.74, 6) is 1.63. The van der Waals surface area contributed by atoms with Crippen LogP contribution in [0.3, 0.4) is 0 Å². The molecular weight excluding hydrogens is 518 g/mol. The van der Waals surface area contributed by atoms with Gasteiger partial charge in [0.15, 0.2) is 17.6 Å². The Kier molecular flexibility index (Phi) is 6.15. The van der Waals surface area contributed by atoms with Crippen molar-refractivity contribution in [1.82, 2.24) is 19.9 Å². The van der Waals surface area contributed by atoms with Gasteiger partial charge in [-0.05, 0) is 61.7 Å². The van der Waals surface area contributed by atoms with E-state index < -0.39 is 12.2 Å². The molecule has 0 fully saturated rings. The maximum atomic E-state index is 12.0. The van der Waals surface area contributed by atoms with Crippen molar-refractivity contribution in [2.45, 2.75) is 26.9 Å². The Labute approximate surface area is 227 Å². The van der Waals surface area contributed by atoms with Crippen LogP contribution < -0.4 is 19.1 Å². The molecule has 0 spiro atoms. The first-order chi connectivity index (χ1) is 18.8. The number of carboxylic acid groups (broad SMARTS) is 1. The second-order valence-corrected chi connectivity index (χ2v) is 10.5. The minimum atomic E-state index is -1.08. The van der Waals surface area contributed by atoms with Gasteiger partial charge in [-0.15, -0.1) is 11.3 Å². The number of amides is 1. The third-order valence-electron chi connectivity index (χ3n) is 6.48. The number of hydrogen-bond donors (Lipinski definition) is 1. The zero-order valence-electron chi connectivity index (χ0n) is 21.8. The van der Waals surface area contributed by atoms with Gasteiger partial charge in [0.25, 0.3) is 0 Å². The molecule has 198 valence electrons. The van der Waals surface area contributed by atoms with Crippen LogP contribution in [0, 0.1) is 20.8 Å². The van der Waals surface area contributed by atoms with Crippen LogP contribution in [0.5, 0.6) is 17.4 Å². The number of thiazole rings is 1. The summed E-state index contributed by atoms with van der Waals surface area (Å²) in [7, 11) is 1.57. The molecule has 4 heterocycles. The fourth-order valence-corrected chi connectivity index (χ4v) is 5.85. The third kappa shape index (κ3) is 4.54. The molecule has 0 unspecified atom stereocenters. The Hall–Kier alpha value is -4.51. The van der Waals surface area contributed by atoms with E-state index in [1.54, 1.807) is 25.6 Å². The molecule has 0 saturated heterocycles. The Morgan fingerprint density at radius 1 is 1.10 bits per heavy atom. The summed E-state index contributed by atoms with van der Waals surface area (Å²) in [5.41, 5.74) is 6.50. The van der Waals surface area contributed by atoms with Gasteiger partial charge in [0, 0.05) is 11.8 Å². The number of nitrogens with zero attached hydrogens (tertiary/aromatic N) is 5. The van der Waals surface area contributed by atoms with Gasteiger partial charge < -0.3 is 19.3 Å². The summed E-state index contributed by atoms with van der Waals surface area (Å²) >= 11 is 1.50. The fourth-order valence-electron chi connectivity index (χ4n) is 4.70. The molecule has 39 heavy (non-hydrogen) atoms. The van der Waals surface area contributed by atoms with Crippen LogP contribution in [0.1, 0.15) is 16.7 Å². The highest BCUT2D eigenvalue weighted by Crippen LogP contribution is 2.46. The predicted molar refractivity (Wildman–Crippen MR) is 148 cm³/mol. The first kappa shape index (κ1) is 24.8.